The largest absolute Gasteiger partial charge is 0.478 e. The summed E-state index contributed by atoms with van der Waals surface area (Å²) in [6.45, 7) is 1.63. The van der Waals surface area contributed by atoms with Crippen LogP contribution in [0.2, 0.25) is 0 Å². The molecule has 2 aromatic heterocycles. The Morgan fingerprint density at radius 3 is 2.47 bits per heavy atom. The van der Waals surface area contributed by atoms with Crippen LogP contribution in [0.25, 0.3) is 22.4 Å². The number of aromatic carboxylic acids is 1. The summed E-state index contributed by atoms with van der Waals surface area (Å²) in [5, 5.41) is 15.5. The van der Waals surface area contributed by atoms with Crippen LogP contribution in [0.15, 0.2) is 53.1 Å². The van der Waals surface area contributed by atoms with Crippen LogP contribution >= 0.6 is 0 Å². The molecule has 0 unspecified atom stereocenters. The summed E-state index contributed by atoms with van der Waals surface area (Å²) in [6, 6.07) is 10.1. The molecular weight excluding hydrogens is 396 g/mol. The molecular formula is C21H13F2N3O4. The van der Waals surface area contributed by atoms with Gasteiger partial charge in [0.05, 0.1) is 33.6 Å². The van der Waals surface area contributed by atoms with E-state index in [1.54, 1.807) is 6.92 Å². The summed E-state index contributed by atoms with van der Waals surface area (Å²) in [5.74, 6) is -3.27. The minimum Gasteiger partial charge on any atom is -0.478 e. The number of rotatable bonds is 4. The van der Waals surface area contributed by atoms with E-state index in [0.717, 1.165) is 12.1 Å². The Kier molecular flexibility index (Phi) is 4.71. The van der Waals surface area contributed by atoms with E-state index in [2.05, 4.69) is 15.5 Å². The number of carbonyl (C=O) groups excluding carboxylic acids is 1. The Morgan fingerprint density at radius 1 is 1.07 bits per heavy atom. The summed E-state index contributed by atoms with van der Waals surface area (Å²) in [6.07, 6.45) is 0. The fourth-order valence-corrected chi connectivity index (χ4v) is 2.98. The van der Waals surface area contributed by atoms with Gasteiger partial charge in [0.1, 0.15) is 11.6 Å². The van der Waals surface area contributed by atoms with Crippen LogP contribution in [-0.2, 0) is 0 Å². The summed E-state index contributed by atoms with van der Waals surface area (Å²) >= 11 is 0. The van der Waals surface area contributed by atoms with Crippen LogP contribution in [0.4, 0.5) is 14.5 Å². The predicted octanol–water partition coefficient (Wildman–Crippen LogP) is 4.43. The summed E-state index contributed by atoms with van der Waals surface area (Å²) in [7, 11) is 0. The van der Waals surface area contributed by atoms with Crippen LogP contribution in [0.5, 0.6) is 0 Å². The number of fused-ring (bicyclic) bond motifs is 1. The molecule has 0 aliphatic heterocycles. The van der Waals surface area contributed by atoms with E-state index in [-0.39, 0.29) is 22.5 Å². The fourth-order valence-electron chi connectivity index (χ4n) is 2.98. The molecule has 0 saturated carbocycles. The molecule has 1 amide bonds. The maximum atomic E-state index is 14.2. The van der Waals surface area contributed by atoms with Gasteiger partial charge in [0.2, 0.25) is 0 Å². The van der Waals surface area contributed by atoms with E-state index in [9.17, 15) is 18.4 Å². The number of halogens is 2. The molecule has 2 aromatic carbocycles. The first kappa shape index (κ1) is 19.2. The quantitative estimate of drug-likeness (QED) is 0.517. The van der Waals surface area contributed by atoms with Crippen molar-refractivity contribution in [2.75, 3.05) is 5.32 Å². The molecule has 2 N–H and O–H groups in total. The number of pyridine rings is 1. The minimum absolute atomic E-state index is 0.0983. The van der Waals surface area contributed by atoms with Crippen molar-refractivity contribution in [2.24, 2.45) is 0 Å². The summed E-state index contributed by atoms with van der Waals surface area (Å²) in [4.78, 5) is 28.2. The molecule has 2 heterocycles. The number of nitrogens with one attached hydrogen (secondary N) is 1. The normalized spacial score (nSPS) is 10.9. The average molecular weight is 409 g/mol. The second kappa shape index (κ2) is 7.36. The number of carbonyl (C=O) groups is 2. The topological polar surface area (TPSA) is 105 Å². The molecule has 150 valence electrons. The summed E-state index contributed by atoms with van der Waals surface area (Å²) in [5.41, 5.74) is 1.08. The number of benzene rings is 2. The van der Waals surface area contributed by atoms with Gasteiger partial charge in [-0.2, -0.15) is 0 Å². The van der Waals surface area contributed by atoms with Gasteiger partial charge in [-0.1, -0.05) is 5.16 Å². The van der Waals surface area contributed by atoms with Crippen LogP contribution in [0.3, 0.4) is 0 Å². The molecule has 0 aliphatic carbocycles. The third kappa shape index (κ3) is 3.48. The Morgan fingerprint density at radius 2 is 1.80 bits per heavy atom. The third-order valence-electron chi connectivity index (χ3n) is 4.47. The van der Waals surface area contributed by atoms with Crippen molar-refractivity contribution in [3.8, 4) is 11.3 Å². The predicted molar refractivity (Wildman–Crippen MR) is 103 cm³/mol. The summed E-state index contributed by atoms with van der Waals surface area (Å²) < 4.78 is 32.7. The van der Waals surface area contributed by atoms with Crippen LogP contribution in [0.1, 0.15) is 26.4 Å². The SMILES string of the molecule is Cc1noc2nc(-c3ccc(F)cc3)cc(C(=O)Nc3ccc(C(=O)O)cc3F)c12. The molecule has 7 nitrogen and oxygen atoms in total. The highest BCUT2D eigenvalue weighted by molar-refractivity contribution is 6.13. The maximum absolute atomic E-state index is 14.2. The Bertz CT molecular complexity index is 1300. The number of aryl methyl sites for hydroxylation is 1. The van der Waals surface area contributed by atoms with E-state index in [4.69, 9.17) is 9.63 Å². The lowest BCUT2D eigenvalue weighted by atomic mass is 10.0. The van der Waals surface area contributed by atoms with E-state index >= 15 is 0 Å². The van der Waals surface area contributed by atoms with Crippen molar-refractivity contribution in [1.29, 1.82) is 0 Å². The smallest absolute Gasteiger partial charge is 0.335 e. The lowest BCUT2D eigenvalue weighted by Gasteiger charge is -2.09. The van der Waals surface area contributed by atoms with Crippen molar-refractivity contribution in [3.63, 3.8) is 0 Å². The number of aromatic nitrogens is 2. The van der Waals surface area contributed by atoms with Gasteiger partial charge in [0, 0.05) is 5.56 Å². The molecule has 0 fully saturated rings. The van der Waals surface area contributed by atoms with Crippen molar-refractivity contribution < 1.29 is 28.0 Å². The molecule has 4 aromatic rings. The second-order valence-corrected chi connectivity index (χ2v) is 6.46. The van der Waals surface area contributed by atoms with Gasteiger partial charge in [0.15, 0.2) is 0 Å². The zero-order valence-electron chi connectivity index (χ0n) is 15.4. The zero-order valence-corrected chi connectivity index (χ0v) is 15.4. The Hall–Kier alpha value is -4.14. The molecule has 0 spiro atoms. The number of anilines is 1. The van der Waals surface area contributed by atoms with Crippen molar-refractivity contribution in [1.82, 2.24) is 10.1 Å². The van der Waals surface area contributed by atoms with Crippen molar-refractivity contribution >= 4 is 28.7 Å². The molecule has 0 aliphatic rings. The number of nitrogens with zero attached hydrogens (tertiary/aromatic N) is 2. The average Bonchev–Trinajstić information content (AvgIpc) is 3.10. The lowest BCUT2D eigenvalue weighted by molar-refractivity contribution is 0.0696. The number of carboxylic acid groups (broad SMARTS) is 1. The monoisotopic (exact) mass is 409 g/mol. The third-order valence-corrected chi connectivity index (χ3v) is 4.47. The second-order valence-electron chi connectivity index (χ2n) is 6.46. The van der Waals surface area contributed by atoms with E-state index in [1.807, 2.05) is 0 Å². The first-order valence-corrected chi connectivity index (χ1v) is 8.70. The van der Waals surface area contributed by atoms with Crippen LogP contribution in [-0.4, -0.2) is 27.1 Å². The molecule has 0 radical (unpaired) electrons. The zero-order chi connectivity index (χ0) is 21.4. The number of hydrogen-bond donors (Lipinski definition) is 2. The molecule has 4 rings (SSSR count). The Balaban J connectivity index is 1.77. The van der Waals surface area contributed by atoms with E-state index in [0.29, 0.717) is 22.3 Å². The molecule has 0 atom stereocenters. The standard InChI is InChI=1S/C21H13F2N3O4/c1-10-18-14(19(27)24-16-7-4-12(21(28)29)8-15(16)23)9-17(25-20(18)30-26-10)11-2-5-13(22)6-3-11/h2-9H,1H3,(H,24,27)(H,28,29). The van der Waals surface area contributed by atoms with E-state index in [1.165, 1.54) is 36.4 Å². The minimum atomic E-state index is -1.29. The highest BCUT2D eigenvalue weighted by Gasteiger charge is 2.21. The van der Waals surface area contributed by atoms with Gasteiger partial charge in [-0.05, 0) is 55.5 Å². The number of hydrogen-bond acceptors (Lipinski definition) is 5. The van der Waals surface area contributed by atoms with Gasteiger partial charge in [-0.15, -0.1) is 0 Å². The van der Waals surface area contributed by atoms with Crippen LogP contribution in [0, 0.1) is 18.6 Å². The van der Waals surface area contributed by atoms with Gasteiger partial charge < -0.3 is 14.9 Å². The fraction of sp³-hybridized carbons (Fsp3) is 0.0476. The first-order valence-electron chi connectivity index (χ1n) is 8.70. The van der Waals surface area contributed by atoms with Gasteiger partial charge >= 0.3 is 5.97 Å². The number of carboxylic acids is 1. The first-order chi connectivity index (χ1) is 14.3. The lowest BCUT2D eigenvalue weighted by Crippen LogP contribution is -2.14. The van der Waals surface area contributed by atoms with Crippen molar-refractivity contribution in [3.05, 3.63) is 77.0 Å². The highest BCUT2D eigenvalue weighted by atomic mass is 19.1. The highest BCUT2D eigenvalue weighted by Crippen LogP contribution is 2.28. The van der Waals surface area contributed by atoms with Crippen LogP contribution < -0.4 is 5.32 Å². The van der Waals surface area contributed by atoms with Gasteiger partial charge in [-0.3, -0.25) is 4.79 Å². The molecule has 0 bridgehead atoms. The molecule has 30 heavy (non-hydrogen) atoms. The van der Waals surface area contributed by atoms with E-state index < -0.39 is 23.5 Å². The Labute approximate surface area is 168 Å². The number of amides is 1. The molecule has 0 saturated heterocycles. The van der Waals surface area contributed by atoms with Crippen molar-refractivity contribution in [2.45, 2.75) is 6.92 Å². The molecule has 9 heteroatoms. The maximum Gasteiger partial charge on any atom is 0.335 e. The van der Waals surface area contributed by atoms with Gasteiger partial charge in [0.25, 0.3) is 11.6 Å². The van der Waals surface area contributed by atoms with Gasteiger partial charge in [-0.25, -0.2) is 18.6 Å².